The molecule has 3 rings (SSSR count). The Morgan fingerprint density at radius 1 is 1.27 bits per heavy atom. The zero-order valence-corrected chi connectivity index (χ0v) is 19.4. The van der Waals surface area contributed by atoms with E-state index in [9.17, 15) is 14.4 Å². The molecule has 0 aliphatic heterocycles. The molecule has 3 aromatic rings. The predicted octanol–water partition coefficient (Wildman–Crippen LogP) is 0.522. The number of H-pyrrole nitrogens is 1. The highest BCUT2D eigenvalue weighted by Gasteiger charge is 2.25. The van der Waals surface area contributed by atoms with Crippen LogP contribution in [0.25, 0.3) is 5.69 Å². The molecule has 2 aromatic heterocycles. The second-order valence-corrected chi connectivity index (χ2v) is 8.48. The lowest BCUT2D eigenvalue weighted by atomic mass is 10.2. The van der Waals surface area contributed by atoms with Crippen molar-refractivity contribution in [3.05, 3.63) is 51.2 Å². The van der Waals surface area contributed by atoms with Crippen LogP contribution in [0.2, 0.25) is 0 Å². The van der Waals surface area contributed by atoms with Crippen molar-refractivity contribution in [1.29, 1.82) is 0 Å². The Kier molecular flexibility index (Phi) is 8.01. The van der Waals surface area contributed by atoms with Crippen molar-refractivity contribution in [2.45, 2.75) is 25.5 Å². The topological polar surface area (TPSA) is 154 Å². The number of carbonyl (C=O) groups excluding carboxylic acids is 1. The van der Waals surface area contributed by atoms with Gasteiger partial charge in [0.15, 0.2) is 5.69 Å². The number of aromatic nitrogens is 6. The summed E-state index contributed by atoms with van der Waals surface area (Å²) in [6.45, 7) is 4.37. The van der Waals surface area contributed by atoms with Crippen LogP contribution in [0.15, 0.2) is 45.1 Å². The first-order valence-electron chi connectivity index (χ1n) is 10.2. The number of nitrogen functional groups attached to an aromatic ring is 1. The highest BCUT2D eigenvalue weighted by molar-refractivity contribution is 7.99. The number of nitrogens with two attached hydrogens (primary N) is 1. The molecule has 0 radical (unpaired) electrons. The number of methoxy groups -OCH3 is 1. The van der Waals surface area contributed by atoms with Crippen LogP contribution < -0.4 is 21.9 Å². The normalized spacial score (nSPS) is 11.2. The van der Waals surface area contributed by atoms with E-state index in [0.717, 1.165) is 17.4 Å². The first-order valence-corrected chi connectivity index (χ1v) is 11.2. The summed E-state index contributed by atoms with van der Waals surface area (Å²) in [6, 6.07) is 9.25. The number of hydrogen-bond acceptors (Lipinski definition) is 9. The smallest absolute Gasteiger partial charge is 0.330 e. The van der Waals surface area contributed by atoms with Gasteiger partial charge in [0.25, 0.3) is 5.56 Å². The second-order valence-electron chi connectivity index (χ2n) is 7.53. The maximum atomic E-state index is 13.2. The van der Waals surface area contributed by atoms with Gasteiger partial charge in [0.1, 0.15) is 5.82 Å². The summed E-state index contributed by atoms with van der Waals surface area (Å²) in [5.74, 6) is -0.453. The van der Waals surface area contributed by atoms with Crippen molar-refractivity contribution >= 4 is 29.2 Å². The molecule has 0 saturated heterocycles. The molecule has 0 bridgehead atoms. The summed E-state index contributed by atoms with van der Waals surface area (Å²) in [5, 5.41) is 12.1. The molecule has 0 aliphatic carbocycles. The van der Waals surface area contributed by atoms with Gasteiger partial charge in [0.05, 0.1) is 18.0 Å². The number of para-hydroxylation sites is 1. The van der Waals surface area contributed by atoms with Gasteiger partial charge in [0, 0.05) is 20.2 Å². The Morgan fingerprint density at radius 3 is 2.67 bits per heavy atom. The number of nitrogens with zero attached hydrogens (tertiary/aromatic N) is 6. The van der Waals surface area contributed by atoms with E-state index in [1.54, 1.807) is 0 Å². The van der Waals surface area contributed by atoms with Crippen LogP contribution in [0.5, 0.6) is 0 Å². The number of thioether (sulfide) groups is 1. The average molecular weight is 475 g/mol. The van der Waals surface area contributed by atoms with Crippen LogP contribution in [0.1, 0.15) is 13.8 Å². The summed E-state index contributed by atoms with van der Waals surface area (Å²) >= 11 is 1.12. The quantitative estimate of drug-likeness (QED) is 0.400. The molecule has 33 heavy (non-hydrogen) atoms. The number of carbonyl (C=O) groups is 1. The summed E-state index contributed by atoms with van der Waals surface area (Å²) in [4.78, 5) is 41.6. The number of aromatic amines is 1. The van der Waals surface area contributed by atoms with Crippen molar-refractivity contribution in [3.63, 3.8) is 0 Å². The van der Waals surface area contributed by atoms with Crippen LogP contribution in [0, 0.1) is 5.92 Å². The maximum absolute atomic E-state index is 13.2. The van der Waals surface area contributed by atoms with Crippen LogP contribution in [-0.2, 0) is 16.1 Å². The predicted molar refractivity (Wildman–Crippen MR) is 125 cm³/mol. The van der Waals surface area contributed by atoms with Crippen molar-refractivity contribution < 1.29 is 9.53 Å². The van der Waals surface area contributed by atoms with Gasteiger partial charge in [-0.15, -0.1) is 5.10 Å². The summed E-state index contributed by atoms with van der Waals surface area (Å²) in [6.07, 6.45) is 0. The van der Waals surface area contributed by atoms with Gasteiger partial charge < -0.3 is 15.4 Å². The average Bonchev–Trinajstić information content (AvgIpc) is 3.26. The van der Waals surface area contributed by atoms with E-state index in [1.165, 1.54) is 21.3 Å². The third-order valence-electron chi connectivity index (χ3n) is 4.62. The molecule has 1 amide bonds. The molecule has 0 fully saturated rings. The number of anilines is 2. The lowest BCUT2D eigenvalue weighted by molar-refractivity contribution is -0.116. The number of hydrogen-bond donors (Lipinski definition) is 2. The van der Waals surface area contributed by atoms with E-state index in [4.69, 9.17) is 10.5 Å². The molecule has 0 aliphatic rings. The number of amides is 1. The fourth-order valence-corrected chi connectivity index (χ4v) is 3.90. The third-order valence-corrected chi connectivity index (χ3v) is 5.52. The molecule has 0 saturated carbocycles. The van der Waals surface area contributed by atoms with Crippen molar-refractivity contribution in [1.82, 2.24) is 29.8 Å². The Labute approximate surface area is 193 Å². The Morgan fingerprint density at radius 2 is 2.00 bits per heavy atom. The number of rotatable bonds is 10. The lowest BCUT2D eigenvalue weighted by Crippen LogP contribution is -2.43. The highest BCUT2D eigenvalue weighted by Crippen LogP contribution is 2.22. The van der Waals surface area contributed by atoms with E-state index in [-0.39, 0.29) is 36.3 Å². The molecule has 2 heterocycles. The molecular formula is C20H26N8O4S. The Hall–Kier alpha value is -3.45. The van der Waals surface area contributed by atoms with E-state index < -0.39 is 17.2 Å². The lowest BCUT2D eigenvalue weighted by Gasteiger charge is -2.24. The maximum Gasteiger partial charge on any atom is 0.330 e. The van der Waals surface area contributed by atoms with E-state index >= 15 is 0 Å². The monoisotopic (exact) mass is 474 g/mol. The molecule has 0 spiro atoms. The first kappa shape index (κ1) is 24.2. The molecule has 13 heteroatoms. The Bertz CT molecular complexity index is 1200. The molecule has 176 valence electrons. The van der Waals surface area contributed by atoms with Gasteiger partial charge in [-0.2, -0.15) is 4.68 Å². The fourth-order valence-electron chi connectivity index (χ4n) is 3.13. The van der Waals surface area contributed by atoms with Gasteiger partial charge in [-0.1, -0.05) is 43.8 Å². The molecule has 0 atom stereocenters. The van der Waals surface area contributed by atoms with Crippen LogP contribution in [0.3, 0.4) is 0 Å². The standard InChI is InChI=1S/C20H26N8O4S/c1-13(2)11-27-17(21)16(18(30)22-19(27)31)26(9-10-32-3)15(29)12-33-20-23-24-25-28(20)14-7-5-4-6-8-14/h4-8,13H,9-12,21H2,1-3H3,(H,22,30,31). The van der Waals surface area contributed by atoms with Crippen LogP contribution in [0.4, 0.5) is 11.5 Å². The molecule has 1 aromatic carbocycles. The molecule has 0 unspecified atom stereocenters. The van der Waals surface area contributed by atoms with Gasteiger partial charge >= 0.3 is 5.69 Å². The van der Waals surface area contributed by atoms with Gasteiger partial charge in [-0.25, -0.2) is 4.79 Å². The molecule has 3 N–H and O–H groups in total. The van der Waals surface area contributed by atoms with Crippen LogP contribution in [-0.4, -0.2) is 61.7 Å². The van der Waals surface area contributed by atoms with Crippen molar-refractivity contribution in [3.8, 4) is 5.69 Å². The van der Waals surface area contributed by atoms with Gasteiger partial charge in [-0.3, -0.25) is 19.1 Å². The summed E-state index contributed by atoms with van der Waals surface area (Å²) in [7, 11) is 1.48. The van der Waals surface area contributed by atoms with E-state index in [0.29, 0.717) is 11.7 Å². The molecule has 12 nitrogen and oxygen atoms in total. The van der Waals surface area contributed by atoms with Crippen LogP contribution >= 0.6 is 11.8 Å². The van der Waals surface area contributed by atoms with E-state index in [2.05, 4.69) is 20.5 Å². The minimum atomic E-state index is -0.735. The number of ether oxygens (including phenoxy) is 1. The highest BCUT2D eigenvalue weighted by atomic mass is 32.2. The number of nitrogens with one attached hydrogen (secondary N) is 1. The number of tetrazole rings is 1. The van der Waals surface area contributed by atoms with Gasteiger partial charge in [0.2, 0.25) is 11.1 Å². The van der Waals surface area contributed by atoms with E-state index in [1.807, 2.05) is 44.2 Å². The first-order chi connectivity index (χ1) is 15.8. The third kappa shape index (κ3) is 5.68. The zero-order chi connectivity index (χ0) is 24.0. The van der Waals surface area contributed by atoms with Gasteiger partial charge in [-0.05, 0) is 28.5 Å². The van der Waals surface area contributed by atoms with Crippen molar-refractivity contribution in [2.75, 3.05) is 36.6 Å². The fraction of sp³-hybridized carbons (Fsp3) is 0.400. The second kappa shape index (κ2) is 10.9. The minimum absolute atomic E-state index is 0.0685. The SMILES string of the molecule is COCCN(C(=O)CSc1nnnn1-c1ccccc1)c1c(N)n(CC(C)C)c(=O)[nH]c1=O. The molecular weight excluding hydrogens is 448 g/mol. The largest absolute Gasteiger partial charge is 0.383 e. The number of benzene rings is 1. The summed E-state index contributed by atoms with van der Waals surface area (Å²) in [5.41, 5.74) is 5.51. The Balaban J connectivity index is 1.89. The van der Waals surface area contributed by atoms with Crippen molar-refractivity contribution in [2.24, 2.45) is 5.92 Å². The zero-order valence-electron chi connectivity index (χ0n) is 18.6. The summed E-state index contributed by atoms with van der Waals surface area (Å²) < 4.78 is 7.89. The minimum Gasteiger partial charge on any atom is -0.383 e.